The molecule has 0 saturated carbocycles. The third kappa shape index (κ3) is 9.36. The lowest BCUT2D eigenvalue weighted by Gasteiger charge is -2.39. The van der Waals surface area contributed by atoms with Crippen LogP contribution in [0.15, 0.2) is 36.4 Å². The first-order chi connectivity index (χ1) is 27.7. The summed E-state index contributed by atoms with van der Waals surface area (Å²) < 4.78 is 42.3. The normalized spacial score (nSPS) is 27.7. The van der Waals surface area contributed by atoms with Crippen LogP contribution in [0, 0.1) is 35.3 Å². The minimum Gasteiger partial charge on any atom is -0.467 e. The SMILES string of the molecule is COC(=O)[C@@H]1C[C@@H](O)[C@H]2CC[C@H](C(C)C)C(=O)N21.COC(=O)[C@@H]1C[C@@H](OC(=O)N2Cc3cccc(F)c3C2)[C@H]2CC[C@H](C(C)C)C(=O)N21.Cl.Fc1cccc2c1CNC2. The fourth-order valence-electron chi connectivity index (χ4n) is 9.50. The Balaban J connectivity index is 0.000000192. The second-order valence-corrected chi connectivity index (χ2v) is 16.7. The van der Waals surface area contributed by atoms with Crippen LogP contribution in [0.5, 0.6) is 0 Å². The highest BCUT2D eigenvalue weighted by atomic mass is 35.5. The lowest BCUT2D eigenvalue weighted by molar-refractivity contribution is -0.157. The average molecular weight is 847 g/mol. The highest BCUT2D eigenvalue weighted by Gasteiger charge is 2.54. The Hall–Kier alpha value is -4.34. The number of halogens is 3. The molecule has 2 aromatic carbocycles. The Kier molecular flexibility index (Phi) is 15.0. The average Bonchev–Trinajstić information content (AvgIpc) is 4.01. The Morgan fingerprint density at radius 3 is 1.80 bits per heavy atom. The van der Waals surface area contributed by atoms with Crippen molar-refractivity contribution in [2.75, 3.05) is 14.2 Å². The largest absolute Gasteiger partial charge is 0.467 e. The van der Waals surface area contributed by atoms with E-state index in [1.54, 1.807) is 28.0 Å². The lowest BCUT2D eigenvalue weighted by Crippen LogP contribution is -2.53. The minimum atomic E-state index is -0.750. The maximum atomic E-state index is 14.0. The smallest absolute Gasteiger partial charge is 0.410 e. The number of fused-ring (bicyclic) bond motifs is 4. The summed E-state index contributed by atoms with van der Waals surface area (Å²) in [7, 11) is 2.61. The van der Waals surface area contributed by atoms with Gasteiger partial charge in [0.25, 0.3) is 0 Å². The molecule has 0 bridgehead atoms. The lowest BCUT2D eigenvalue weighted by atomic mass is 9.84. The Morgan fingerprint density at radius 2 is 1.25 bits per heavy atom. The van der Waals surface area contributed by atoms with Crippen LogP contribution in [0.1, 0.15) is 88.5 Å². The molecular weight excluding hydrogens is 790 g/mol. The zero-order valence-electron chi connectivity index (χ0n) is 34.5. The van der Waals surface area contributed by atoms with E-state index < -0.39 is 42.3 Å². The van der Waals surface area contributed by atoms with Crippen molar-refractivity contribution >= 4 is 42.3 Å². The van der Waals surface area contributed by atoms with Gasteiger partial charge in [0.1, 0.15) is 29.8 Å². The predicted octanol–water partition coefficient (Wildman–Crippen LogP) is 5.26. The number of ether oxygens (including phenoxy) is 3. The molecule has 13 nitrogen and oxygen atoms in total. The summed E-state index contributed by atoms with van der Waals surface area (Å²) in [5.41, 5.74) is 3.20. The van der Waals surface area contributed by atoms with Crippen LogP contribution in [-0.2, 0) is 59.6 Å². The molecule has 0 aromatic heterocycles. The van der Waals surface area contributed by atoms with Crippen LogP contribution in [0.4, 0.5) is 13.6 Å². The van der Waals surface area contributed by atoms with Gasteiger partial charge < -0.3 is 34.4 Å². The Morgan fingerprint density at radius 1 is 0.729 bits per heavy atom. The molecule has 0 unspecified atom stereocenters. The predicted molar refractivity (Wildman–Crippen MR) is 213 cm³/mol. The van der Waals surface area contributed by atoms with Gasteiger partial charge in [-0.2, -0.15) is 0 Å². The summed E-state index contributed by atoms with van der Waals surface area (Å²) >= 11 is 0. The zero-order valence-corrected chi connectivity index (χ0v) is 35.3. The number of amides is 3. The number of aliphatic hydroxyl groups is 1. The van der Waals surface area contributed by atoms with E-state index in [1.807, 2.05) is 33.8 Å². The van der Waals surface area contributed by atoms with Crippen molar-refractivity contribution in [3.8, 4) is 0 Å². The fourth-order valence-corrected chi connectivity index (χ4v) is 9.50. The summed E-state index contributed by atoms with van der Waals surface area (Å²) in [5, 5.41) is 13.1. The van der Waals surface area contributed by atoms with E-state index in [0.29, 0.717) is 31.4 Å². The number of methoxy groups -OCH3 is 2. The van der Waals surface area contributed by atoms with Crippen LogP contribution < -0.4 is 5.32 Å². The summed E-state index contributed by atoms with van der Waals surface area (Å²) in [6, 6.07) is 8.09. The maximum Gasteiger partial charge on any atom is 0.410 e. The third-order valence-corrected chi connectivity index (χ3v) is 12.7. The first-order valence-electron chi connectivity index (χ1n) is 20.3. The van der Waals surface area contributed by atoms with Crippen molar-refractivity contribution in [1.29, 1.82) is 0 Å². The third-order valence-electron chi connectivity index (χ3n) is 12.7. The first-order valence-corrected chi connectivity index (χ1v) is 20.3. The molecule has 6 aliphatic heterocycles. The summed E-state index contributed by atoms with van der Waals surface area (Å²) in [4.78, 5) is 67.0. The number of carbonyl (C=O) groups is 5. The van der Waals surface area contributed by atoms with Gasteiger partial charge in [0.15, 0.2) is 0 Å². The van der Waals surface area contributed by atoms with E-state index in [1.165, 1.54) is 31.3 Å². The number of hydrogen-bond acceptors (Lipinski definition) is 10. The van der Waals surface area contributed by atoms with Crippen LogP contribution in [0.3, 0.4) is 0 Å². The van der Waals surface area contributed by atoms with Crippen molar-refractivity contribution < 1.29 is 52.1 Å². The van der Waals surface area contributed by atoms with E-state index in [-0.39, 0.29) is 91.1 Å². The second-order valence-electron chi connectivity index (χ2n) is 16.7. The number of nitrogens with one attached hydrogen (secondary N) is 1. The van der Waals surface area contributed by atoms with Gasteiger partial charge in [-0.15, -0.1) is 12.4 Å². The van der Waals surface area contributed by atoms with E-state index >= 15 is 0 Å². The van der Waals surface area contributed by atoms with Crippen molar-refractivity contribution in [3.63, 3.8) is 0 Å². The molecule has 0 spiro atoms. The number of piperidine rings is 2. The highest BCUT2D eigenvalue weighted by molar-refractivity contribution is 5.89. The number of benzene rings is 2. The topological polar surface area (TPSA) is 155 Å². The Labute approximate surface area is 350 Å². The summed E-state index contributed by atoms with van der Waals surface area (Å²) in [5.74, 6) is -1.19. The summed E-state index contributed by atoms with van der Waals surface area (Å²) in [6.45, 7) is 9.94. The van der Waals surface area contributed by atoms with Gasteiger partial charge in [-0.3, -0.25) is 14.5 Å². The van der Waals surface area contributed by atoms with Gasteiger partial charge in [-0.05, 0) is 60.8 Å². The van der Waals surface area contributed by atoms with Crippen molar-refractivity contribution in [1.82, 2.24) is 20.0 Å². The number of rotatable bonds is 5. The van der Waals surface area contributed by atoms with E-state index in [4.69, 9.17) is 14.2 Å². The van der Waals surface area contributed by atoms with Crippen LogP contribution >= 0.6 is 12.4 Å². The van der Waals surface area contributed by atoms with Gasteiger partial charge in [-0.25, -0.2) is 23.2 Å². The monoisotopic (exact) mass is 846 g/mol. The van der Waals surface area contributed by atoms with Crippen LogP contribution in [0.2, 0.25) is 0 Å². The number of aliphatic hydroxyl groups excluding tert-OH is 1. The van der Waals surface area contributed by atoms with Gasteiger partial charge in [-0.1, -0.05) is 52.0 Å². The van der Waals surface area contributed by atoms with Crippen molar-refractivity contribution in [3.05, 3.63) is 70.3 Å². The van der Waals surface area contributed by atoms with Gasteiger partial charge in [0, 0.05) is 55.4 Å². The number of nitrogens with zero attached hydrogens (tertiary/aromatic N) is 3. The molecule has 2 aromatic rings. The molecule has 2 N–H and O–H groups in total. The molecule has 3 amide bonds. The molecule has 324 valence electrons. The standard InChI is InChI=1S/C22H27FN2O5.C13H21NO4.C8H8FN.ClH/c1-12(2)14-7-8-17-19(9-18(21(27)29-3)25(17)20(14)26)30-22(28)24-10-13-5-4-6-16(23)15(13)11-24;1-7(2)8-4-5-9-11(15)6-10(13(17)18-3)14(9)12(8)16;9-8-3-1-2-6-4-10-5-7(6)8;/h4-6,12,14,17-19H,7-11H2,1-3H3;7-11,15H,4-6H2,1-3H3;1-3,10H,4-5H2;1H/t14-,17-,18+,19-;8-,9-,10+,11-;;/m11../s1. The van der Waals surface area contributed by atoms with Gasteiger partial charge in [0.05, 0.1) is 39.0 Å². The van der Waals surface area contributed by atoms with E-state index in [9.17, 15) is 37.9 Å². The molecule has 16 heteroatoms. The maximum absolute atomic E-state index is 14.0. The first kappa shape index (κ1) is 45.7. The summed E-state index contributed by atoms with van der Waals surface area (Å²) in [6.07, 6.45) is 1.68. The van der Waals surface area contributed by atoms with Crippen LogP contribution in [-0.4, -0.2) is 100 Å². The Bertz CT molecular complexity index is 1880. The van der Waals surface area contributed by atoms with Crippen LogP contribution in [0.25, 0.3) is 0 Å². The second kappa shape index (κ2) is 19.4. The van der Waals surface area contributed by atoms with Gasteiger partial charge in [0.2, 0.25) is 11.8 Å². The molecule has 8 rings (SSSR count). The molecule has 8 atom stereocenters. The van der Waals surface area contributed by atoms with E-state index in [0.717, 1.165) is 36.1 Å². The highest BCUT2D eigenvalue weighted by Crippen LogP contribution is 2.40. The number of carbonyl (C=O) groups excluding carboxylic acids is 5. The molecular formula is C43H57ClF2N4O9. The van der Waals surface area contributed by atoms with Crippen molar-refractivity contribution in [2.24, 2.45) is 23.7 Å². The molecule has 59 heavy (non-hydrogen) atoms. The minimum absolute atomic E-state index is 0. The zero-order chi connectivity index (χ0) is 42.0. The quantitative estimate of drug-likeness (QED) is 0.301. The molecule has 4 fully saturated rings. The molecule has 0 radical (unpaired) electrons. The molecule has 6 aliphatic rings. The van der Waals surface area contributed by atoms with E-state index in [2.05, 4.69) is 5.32 Å². The van der Waals surface area contributed by atoms with Crippen molar-refractivity contribution in [2.45, 2.75) is 129 Å². The fraction of sp³-hybridized carbons (Fsp3) is 0.605. The molecule has 0 aliphatic carbocycles. The molecule has 6 heterocycles. The number of hydrogen-bond donors (Lipinski definition) is 2. The van der Waals surface area contributed by atoms with Gasteiger partial charge >= 0.3 is 18.0 Å². The number of esters is 2. The molecule has 4 saturated heterocycles.